The van der Waals surface area contributed by atoms with Gasteiger partial charge in [-0.15, -0.1) is 11.8 Å². The summed E-state index contributed by atoms with van der Waals surface area (Å²) in [6.45, 7) is 1.80. The summed E-state index contributed by atoms with van der Waals surface area (Å²) >= 11 is 1.60. The number of allylic oxidation sites excluding steroid dienone is 3. The minimum Gasteiger partial charge on any atom is -0.497 e. The first-order chi connectivity index (χ1) is 17.3. The van der Waals surface area contributed by atoms with E-state index < -0.39 is 29.7 Å². The molecular formula is C28H29NO6S. The second-order valence-electron chi connectivity index (χ2n) is 8.70. The molecular weight excluding hydrogens is 478 g/mol. The van der Waals surface area contributed by atoms with Gasteiger partial charge in [-0.25, -0.2) is 4.79 Å². The Morgan fingerprint density at radius 3 is 2.14 bits per heavy atom. The molecule has 4 rings (SSSR count). The van der Waals surface area contributed by atoms with Crippen molar-refractivity contribution in [2.24, 2.45) is 5.92 Å². The summed E-state index contributed by atoms with van der Waals surface area (Å²) in [6, 6.07) is 15.1. The number of hydrogen-bond acceptors (Lipinski definition) is 8. The normalized spacial score (nSPS) is 21.5. The Morgan fingerprint density at radius 2 is 1.58 bits per heavy atom. The third-order valence-electron chi connectivity index (χ3n) is 6.87. The van der Waals surface area contributed by atoms with Crippen LogP contribution < -0.4 is 10.1 Å². The number of benzene rings is 2. The van der Waals surface area contributed by atoms with Crippen molar-refractivity contribution in [2.75, 3.05) is 27.6 Å². The van der Waals surface area contributed by atoms with Gasteiger partial charge in [-0.05, 0) is 55.0 Å². The van der Waals surface area contributed by atoms with Crippen molar-refractivity contribution in [1.29, 1.82) is 0 Å². The van der Waals surface area contributed by atoms with Crippen LogP contribution in [0, 0.1) is 5.92 Å². The van der Waals surface area contributed by atoms with Crippen molar-refractivity contribution in [3.8, 4) is 5.75 Å². The second-order valence-corrected chi connectivity index (χ2v) is 9.58. The molecule has 0 spiro atoms. The lowest BCUT2D eigenvalue weighted by Crippen LogP contribution is -2.43. The maximum atomic E-state index is 14.1. The Bertz CT molecular complexity index is 1250. The Kier molecular flexibility index (Phi) is 7.54. The Hall–Kier alpha value is -3.52. The van der Waals surface area contributed by atoms with E-state index in [9.17, 15) is 14.4 Å². The highest BCUT2D eigenvalue weighted by Gasteiger charge is 2.48. The van der Waals surface area contributed by atoms with Crippen LogP contribution >= 0.6 is 11.8 Å². The van der Waals surface area contributed by atoms with Crippen LogP contribution in [0.1, 0.15) is 36.3 Å². The highest BCUT2D eigenvalue weighted by atomic mass is 32.2. The molecule has 0 bridgehead atoms. The van der Waals surface area contributed by atoms with E-state index in [-0.39, 0.29) is 5.78 Å². The van der Waals surface area contributed by atoms with Gasteiger partial charge in [0.2, 0.25) is 0 Å². The molecule has 1 heterocycles. The maximum absolute atomic E-state index is 14.1. The molecule has 0 radical (unpaired) electrons. The molecule has 0 aromatic heterocycles. The van der Waals surface area contributed by atoms with Crippen molar-refractivity contribution < 1.29 is 28.6 Å². The molecule has 188 valence electrons. The van der Waals surface area contributed by atoms with Gasteiger partial charge < -0.3 is 19.5 Å². The zero-order valence-corrected chi connectivity index (χ0v) is 21.7. The number of ketones is 1. The van der Waals surface area contributed by atoms with Crippen molar-refractivity contribution in [2.45, 2.75) is 30.1 Å². The molecule has 0 saturated carbocycles. The highest BCUT2D eigenvalue weighted by molar-refractivity contribution is 7.98. The first-order valence-corrected chi connectivity index (χ1v) is 12.8. The molecule has 3 atom stereocenters. The van der Waals surface area contributed by atoms with Gasteiger partial charge in [0.15, 0.2) is 5.78 Å². The van der Waals surface area contributed by atoms with Crippen LogP contribution in [0.25, 0.3) is 0 Å². The van der Waals surface area contributed by atoms with Crippen LogP contribution in [-0.2, 0) is 23.9 Å². The Morgan fingerprint density at radius 1 is 0.944 bits per heavy atom. The molecule has 1 N–H and O–H groups in total. The molecule has 2 aromatic rings. The second kappa shape index (κ2) is 10.6. The van der Waals surface area contributed by atoms with Gasteiger partial charge in [0.25, 0.3) is 0 Å². The molecule has 3 unspecified atom stereocenters. The first kappa shape index (κ1) is 25.6. The molecule has 8 heteroatoms. The van der Waals surface area contributed by atoms with Crippen molar-refractivity contribution >= 4 is 29.5 Å². The number of dihydropyridines is 1. The molecule has 36 heavy (non-hydrogen) atoms. The maximum Gasteiger partial charge on any atom is 0.336 e. The number of carbonyl (C=O) groups is 3. The van der Waals surface area contributed by atoms with Gasteiger partial charge in [0.05, 0.1) is 26.9 Å². The lowest BCUT2D eigenvalue weighted by atomic mass is 9.67. The monoisotopic (exact) mass is 507 g/mol. The third kappa shape index (κ3) is 4.53. The van der Waals surface area contributed by atoms with Crippen LogP contribution in [0.15, 0.2) is 76.0 Å². The summed E-state index contributed by atoms with van der Waals surface area (Å²) < 4.78 is 15.5. The fourth-order valence-corrected chi connectivity index (χ4v) is 5.51. The number of hydrogen-bond donors (Lipinski definition) is 1. The van der Waals surface area contributed by atoms with Crippen molar-refractivity contribution in [3.63, 3.8) is 0 Å². The van der Waals surface area contributed by atoms with Gasteiger partial charge in [-0.1, -0.05) is 24.3 Å². The predicted molar refractivity (Wildman–Crippen MR) is 137 cm³/mol. The summed E-state index contributed by atoms with van der Waals surface area (Å²) in [7, 11) is 4.19. The first-order valence-electron chi connectivity index (χ1n) is 11.5. The Labute approximate surface area is 214 Å². The smallest absolute Gasteiger partial charge is 0.336 e. The van der Waals surface area contributed by atoms with Gasteiger partial charge >= 0.3 is 11.9 Å². The van der Waals surface area contributed by atoms with Gasteiger partial charge in [0, 0.05) is 33.7 Å². The lowest BCUT2D eigenvalue weighted by molar-refractivity contribution is -0.150. The molecule has 0 fully saturated rings. The molecule has 2 aromatic carbocycles. The van der Waals surface area contributed by atoms with Gasteiger partial charge in [0.1, 0.15) is 11.7 Å². The third-order valence-corrected chi connectivity index (χ3v) is 7.62. The van der Waals surface area contributed by atoms with Gasteiger partial charge in [-0.3, -0.25) is 9.59 Å². The fourth-order valence-electron chi connectivity index (χ4n) is 5.11. The quantitative estimate of drug-likeness (QED) is 0.351. The van der Waals surface area contributed by atoms with E-state index in [4.69, 9.17) is 14.2 Å². The van der Waals surface area contributed by atoms with Crippen LogP contribution in [0.5, 0.6) is 5.75 Å². The number of rotatable bonds is 6. The summed E-state index contributed by atoms with van der Waals surface area (Å²) in [5.74, 6) is -2.95. The van der Waals surface area contributed by atoms with Crippen molar-refractivity contribution in [1.82, 2.24) is 5.32 Å². The fraction of sp³-hybridized carbons (Fsp3) is 0.321. The number of esters is 2. The number of Topliss-reactive ketones (excluding diaryl/α,β-unsaturated/α-hetero) is 1. The van der Waals surface area contributed by atoms with Gasteiger partial charge in [-0.2, -0.15) is 0 Å². The van der Waals surface area contributed by atoms with E-state index in [0.29, 0.717) is 34.7 Å². The number of methoxy groups -OCH3 is 3. The van der Waals surface area contributed by atoms with E-state index in [2.05, 4.69) is 5.32 Å². The molecule has 0 amide bonds. The topological polar surface area (TPSA) is 90.9 Å². The minimum absolute atomic E-state index is 0.355. The average Bonchev–Trinajstić information content (AvgIpc) is 2.91. The standard InChI is InChI=1S/C28H29NO6S/c1-15-22(27(31)34-3)23(17-8-12-19(36-5)13-9-17)25-21(29-15)14-20(24(26(25)30)28(32)35-4)16-6-10-18(33-2)11-7-16/h6-13,20,23-24,29H,14H2,1-5H3. The zero-order chi connectivity index (χ0) is 26.0. The van der Waals surface area contributed by atoms with E-state index in [1.807, 2.05) is 54.8 Å². The lowest BCUT2D eigenvalue weighted by Gasteiger charge is -2.39. The minimum atomic E-state index is -1.05. The van der Waals surface area contributed by atoms with E-state index in [0.717, 1.165) is 16.0 Å². The Balaban J connectivity index is 1.88. The molecule has 1 aliphatic carbocycles. The van der Waals surface area contributed by atoms with E-state index in [1.54, 1.807) is 25.8 Å². The number of nitrogens with one attached hydrogen (secondary N) is 1. The summed E-state index contributed by atoms with van der Waals surface area (Å²) in [5.41, 5.74) is 3.68. The zero-order valence-electron chi connectivity index (χ0n) is 20.9. The number of thioether (sulfide) groups is 1. The summed E-state index contributed by atoms with van der Waals surface area (Å²) in [5, 5.41) is 3.29. The van der Waals surface area contributed by atoms with Crippen LogP contribution in [0.3, 0.4) is 0 Å². The van der Waals surface area contributed by atoms with E-state index in [1.165, 1.54) is 14.2 Å². The molecule has 1 aliphatic heterocycles. The van der Waals surface area contributed by atoms with E-state index >= 15 is 0 Å². The number of carbonyl (C=O) groups excluding carboxylic acids is 3. The SMILES string of the molecule is COC(=O)C1=C(C)NC2=C(C(=O)C(C(=O)OC)C(c3ccc(OC)cc3)C2)C1c1ccc(SC)cc1. The number of ether oxygens (including phenoxy) is 3. The van der Waals surface area contributed by atoms with Crippen LogP contribution in [0.2, 0.25) is 0 Å². The average molecular weight is 508 g/mol. The summed E-state index contributed by atoms with van der Waals surface area (Å²) in [4.78, 5) is 41.1. The van der Waals surface area contributed by atoms with Crippen LogP contribution in [-0.4, -0.2) is 45.3 Å². The largest absolute Gasteiger partial charge is 0.497 e. The molecule has 2 aliphatic rings. The predicted octanol–water partition coefficient (Wildman–Crippen LogP) is 4.35. The molecule has 7 nitrogen and oxygen atoms in total. The van der Waals surface area contributed by atoms with Crippen LogP contribution in [0.4, 0.5) is 0 Å². The summed E-state index contributed by atoms with van der Waals surface area (Å²) in [6.07, 6.45) is 2.38. The highest BCUT2D eigenvalue weighted by Crippen LogP contribution is 2.48. The van der Waals surface area contributed by atoms with Crippen molar-refractivity contribution in [3.05, 3.63) is 82.2 Å². The molecule has 0 saturated heterocycles.